The molecular weight excluding hydrogens is 457 g/mol. The molecule has 36 heavy (non-hydrogen) atoms. The van der Waals surface area contributed by atoms with Gasteiger partial charge in [-0.15, -0.1) is 5.10 Å². The van der Waals surface area contributed by atoms with Crippen molar-refractivity contribution in [3.63, 3.8) is 0 Å². The molecule has 1 aliphatic heterocycles. The van der Waals surface area contributed by atoms with Crippen molar-refractivity contribution in [2.24, 2.45) is 5.92 Å². The molecule has 2 aliphatic rings. The Bertz CT molecular complexity index is 1500. The van der Waals surface area contributed by atoms with Crippen LogP contribution in [0.5, 0.6) is 5.88 Å². The summed E-state index contributed by atoms with van der Waals surface area (Å²) in [5, 5.41) is 8.16. The Hall–Kier alpha value is -4.01. The van der Waals surface area contributed by atoms with E-state index in [1.54, 1.807) is 30.9 Å². The first-order valence-electron chi connectivity index (χ1n) is 12.2. The van der Waals surface area contributed by atoms with E-state index in [0.717, 1.165) is 47.1 Å². The number of hydrogen-bond donors (Lipinski definition) is 1. The Morgan fingerprint density at radius 2 is 2.06 bits per heavy atom. The van der Waals surface area contributed by atoms with E-state index in [2.05, 4.69) is 37.8 Å². The highest BCUT2D eigenvalue weighted by Gasteiger charge is 2.37. The molecule has 3 aromatic heterocycles. The minimum atomic E-state index is -1.01. The fourth-order valence-electron chi connectivity index (χ4n) is 5.13. The Labute approximate surface area is 208 Å². The number of benzene rings is 1. The quantitative estimate of drug-likeness (QED) is 0.382. The van der Waals surface area contributed by atoms with Crippen molar-refractivity contribution in [1.29, 1.82) is 0 Å². The van der Waals surface area contributed by atoms with Gasteiger partial charge >= 0.3 is 0 Å². The maximum Gasteiger partial charge on any atom is 0.244 e. The Morgan fingerprint density at radius 3 is 2.86 bits per heavy atom. The fraction of sp³-hybridized carbons (Fsp3) is 0.333. The molecule has 1 N–H and O–H groups in total. The maximum atomic E-state index is 14.2. The summed E-state index contributed by atoms with van der Waals surface area (Å²) in [5.74, 6) is 1.49. The summed E-state index contributed by atoms with van der Waals surface area (Å²) < 4.78 is 21.7. The predicted molar refractivity (Wildman–Crippen MR) is 138 cm³/mol. The van der Waals surface area contributed by atoms with Crippen LogP contribution in [0.25, 0.3) is 27.7 Å². The number of methoxy groups -OCH3 is 1. The lowest BCUT2D eigenvalue weighted by atomic mass is 9.82. The third-order valence-corrected chi connectivity index (χ3v) is 7.10. The van der Waals surface area contributed by atoms with E-state index >= 15 is 0 Å². The van der Waals surface area contributed by atoms with Gasteiger partial charge in [0, 0.05) is 48.4 Å². The number of aromatic nitrogens is 5. The van der Waals surface area contributed by atoms with Crippen molar-refractivity contribution in [2.75, 3.05) is 25.5 Å². The summed E-state index contributed by atoms with van der Waals surface area (Å²) >= 11 is 0. The standard InChI is InChI=1S/C27H28FN7O/c1-16(2)21(28)15-34-14-18-4-6-19(13-24(18)34)31-27-32-26(36-3)25-20(8-11-35(25)33-27)17-5-7-22-23(12-17)30-10-9-29-22/h5,7-13,18-19,21H,1,4,6,14-15H2,2-3H3,(H,31,33)/t18?,19-,21?/m1/s1. The van der Waals surface area contributed by atoms with Crippen molar-refractivity contribution in [3.8, 4) is 17.0 Å². The maximum absolute atomic E-state index is 14.2. The normalized spacial score (nSPS) is 20.0. The lowest BCUT2D eigenvalue weighted by Gasteiger charge is -2.48. The van der Waals surface area contributed by atoms with Crippen LogP contribution >= 0.6 is 0 Å². The average molecular weight is 486 g/mol. The van der Waals surface area contributed by atoms with Crippen molar-refractivity contribution in [2.45, 2.75) is 32.0 Å². The van der Waals surface area contributed by atoms with Gasteiger partial charge in [0.25, 0.3) is 0 Å². The van der Waals surface area contributed by atoms with Gasteiger partial charge < -0.3 is 15.0 Å². The number of nitrogens with one attached hydrogen (secondary N) is 1. The molecular formula is C27H28FN7O. The molecule has 9 heteroatoms. The van der Waals surface area contributed by atoms with Gasteiger partial charge in [-0.05, 0) is 55.2 Å². The van der Waals surface area contributed by atoms with Crippen LogP contribution in [0.15, 0.2) is 66.8 Å². The van der Waals surface area contributed by atoms with Gasteiger partial charge in [-0.25, -0.2) is 8.91 Å². The van der Waals surface area contributed by atoms with Gasteiger partial charge in [-0.2, -0.15) is 4.98 Å². The van der Waals surface area contributed by atoms with E-state index in [0.29, 0.717) is 29.9 Å². The minimum Gasteiger partial charge on any atom is -0.479 e. The van der Waals surface area contributed by atoms with Gasteiger partial charge in [0.15, 0.2) is 0 Å². The largest absolute Gasteiger partial charge is 0.479 e. The molecule has 184 valence electrons. The van der Waals surface area contributed by atoms with Crippen LogP contribution in [0.3, 0.4) is 0 Å². The summed E-state index contributed by atoms with van der Waals surface area (Å²) in [6.07, 6.45) is 8.50. The SMILES string of the molecule is C=C(C)C(F)CN1CC2CC[C@@H](Nc3nc(OC)c4c(-c5ccc6nccnc6c5)ccn4n3)C=C21. The van der Waals surface area contributed by atoms with Crippen molar-refractivity contribution >= 4 is 22.5 Å². The molecule has 1 fully saturated rings. The van der Waals surface area contributed by atoms with Gasteiger partial charge in [0.2, 0.25) is 11.8 Å². The van der Waals surface area contributed by atoms with E-state index in [4.69, 9.17) is 9.84 Å². The molecule has 8 nitrogen and oxygen atoms in total. The van der Waals surface area contributed by atoms with Crippen LogP contribution < -0.4 is 10.1 Å². The van der Waals surface area contributed by atoms with Gasteiger partial charge in [0.1, 0.15) is 11.7 Å². The fourth-order valence-corrected chi connectivity index (χ4v) is 5.13. The second-order valence-electron chi connectivity index (χ2n) is 9.56. The molecule has 1 saturated heterocycles. The third kappa shape index (κ3) is 3.94. The van der Waals surface area contributed by atoms with E-state index in [9.17, 15) is 4.39 Å². The number of anilines is 1. The van der Waals surface area contributed by atoms with E-state index in [1.807, 2.05) is 30.5 Å². The first-order valence-corrected chi connectivity index (χ1v) is 12.2. The average Bonchev–Trinajstić information content (AvgIpc) is 3.31. The van der Waals surface area contributed by atoms with Crippen molar-refractivity contribution < 1.29 is 9.13 Å². The van der Waals surface area contributed by atoms with E-state index in [-0.39, 0.29) is 6.04 Å². The van der Waals surface area contributed by atoms with E-state index in [1.165, 1.54) is 5.70 Å². The zero-order chi connectivity index (χ0) is 24.8. The van der Waals surface area contributed by atoms with Crippen LogP contribution in [-0.4, -0.2) is 61.9 Å². The summed E-state index contributed by atoms with van der Waals surface area (Å²) in [4.78, 5) is 15.6. The van der Waals surface area contributed by atoms with Crippen LogP contribution in [0.2, 0.25) is 0 Å². The second kappa shape index (κ2) is 8.89. The molecule has 6 rings (SSSR count). The molecule has 4 heterocycles. The topological polar surface area (TPSA) is 80.5 Å². The Morgan fingerprint density at radius 1 is 1.22 bits per heavy atom. The van der Waals surface area contributed by atoms with Gasteiger partial charge in [-0.3, -0.25) is 9.97 Å². The molecule has 1 aliphatic carbocycles. The van der Waals surface area contributed by atoms with Gasteiger partial charge in [-0.1, -0.05) is 12.6 Å². The summed E-state index contributed by atoms with van der Waals surface area (Å²) in [6, 6.07) is 8.05. The molecule has 1 aromatic carbocycles. The molecule has 4 aromatic rings. The number of rotatable bonds is 7. The molecule has 0 spiro atoms. The van der Waals surface area contributed by atoms with Gasteiger partial charge in [0.05, 0.1) is 24.7 Å². The number of halogens is 1. The molecule has 0 bridgehead atoms. The molecule has 0 radical (unpaired) electrons. The highest BCUT2D eigenvalue weighted by atomic mass is 19.1. The lowest BCUT2D eigenvalue weighted by molar-refractivity contribution is 0.127. The van der Waals surface area contributed by atoms with Crippen LogP contribution in [0.1, 0.15) is 19.8 Å². The molecule has 3 atom stereocenters. The number of alkyl halides is 1. The predicted octanol–water partition coefficient (Wildman–Crippen LogP) is 4.65. The number of nitrogens with zero attached hydrogens (tertiary/aromatic N) is 6. The highest BCUT2D eigenvalue weighted by Crippen LogP contribution is 2.38. The first-order chi connectivity index (χ1) is 17.5. The van der Waals surface area contributed by atoms with Crippen LogP contribution in [-0.2, 0) is 0 Å². The zero-order valence-electron chi connectivity index (χ0n) is 20.4. The zero-order valence-corrected chi connectivity index (χ0v) is 20.4. The molecule has 2 unspecified atom stereocenters. The number of fused-ring (bicyclic) bond motifs is 3. The first kappa shape index (κ1) is 22.5. The minimum absolute atomic E-state index is 0.0678. The number of hydrogen-bond acceptors (Lipinski definition) is 7. The lowest BCUT2D eigenvalue weighted by Crippen LogP contribution is -2.49. The third-order valence-electron chi connectivity index (χ3n) is 7.10. The summed E-state index contributed by atoms with van der Waals surface area (Å²) in [7, 11) is 1.61. The highest BCUT2D eigenvalue weighted by molar-refractivity contribution is 5.89. The Balaban J connectivity index is 1.27. The monoisotopic (exact) mass is 485 g/mol. The number of likely N-dealkylation sites (tertiary alicyclic amines) is 1. The van der Waals surface area contributed by atoms with Crippen LogP contribution in [0, 0.1) is 5.92 Å². The van der Waals surface area contributed by atoms with Crippen molar-refractivity contribution in [1.82, 2.24) is 29.5 Å². The summed E-state index contributed by atoms with van der Waals surface area (Å²) in [6.45, 7) is 6.77. The molecule has 0 amide bonds. The Kier molecular flexibility index (Phi) is 5.55. The number of ether oxygens (including phenoxy) is 1. The van der Waals surface area contributed by atoms with E-state index < -0.39 is 6.17 Å². The van der Waals surface area contributed by atoms with Crippen molar-refractivity contribution in [3.05, 3.63) is 66.8 Å². The van der Waals surface area contributed by atoms with Crippen LogP contribution in [0.4, 0.5) is 10.3 Å². The smallest absolute Gasteiger partial charge is 0.244 e. The second-order valence-corrected chi connectivity index (χ2v) is 9.56. The summed E-state index contributed by atoms with van der Waals surface area (Å²) in [5.41, 5.74) is 6.17. The molecule has 0 saturated carbocycles.